The minimum Gasteiger partial charge on any atom is -0.480 e. The molecular formula is C7H15NO4. The van der Waals surface area contributed by atoms with Gasteiger partial charge < -0.3 is 15.4 Å². The Hall–Kier alpha value is -0.650. The summed E-state index contributed by atoms with van der Waals surface area (Å²) in [6.45, 7) is 2.41. The summed E-state index contributed by atoms with van der Waals surface area (Å²) in [6.07, 6.45) is 1.33. The molecule has 1 rings (SSSR count). The molecule has 1 aliphatic heterocycles. The normalized spacial score (nSPS) is 23.1. The van der Waals surface area contributed by atoms with Crippen LogP contribution in [0.15, 0.2) is 0 Å². The van der Waals surface area contributed by atoms with Crippen molar-refractivity contribution >= 4 is 5.97 Å². The van der Waals surface area contributed by atoms with Crippen LogP contribution in [0.1, 0.15) is 19.8 Å². The molecule has 0 saturated carbocycles. The van der Waals surface area contributed by atoms with Gasteiger partial charge in [0.2, 0.25) is 0 Å². The van der Waals surface area contributed by atoms with E-state index in [4.69, 9.17) is 15.4 Å². The molecule has 3 N–H and O–H groups in total. The third kappa shape index (κ3) is 3.66. The van der Waals surface area contributed by atoms with Crippen molar-refractivity contribution in [2.45, 2.75) is 25.8 Å². The molecule has 1 saturated heterocycles. The number of carboxylic acids is 1. The van der Waals surface area contributed by atoms with Crippen LogP contribution < -0.4 is 0 Å². The molecule has 0 aromatic heterocycles. The van der Waals surface area contributed by atoms with E-state index in [1.807, 2.05) is 0 Å². The maximum atomic E-state index is 10.2. The van der Waals surface area contributed by atoms with Gasteiger partial charge in [0.25, 0.3) is 0 Å². The molecule has 0 spiro atoms. The lowest BCUT2D eigenvalue weighted by Gasteiger charge is -2.11. The summed E-state index contributed by atoms with van der Waals surface area (Å²) in [4.78, 5) is 10.2. The Morgan fingerprint density at radius 2 is 2.17 bits per heavy atom. The van der Waals surface area contributed by atoms with Crippen LogP contribution in [0.5, 0.6) is 0 Å². The highest BCUT2D eigenvalue weighted by Crippen LogP contribution is 2.13. The first-order valence-corrected chi connectivity index (χ1v) is 3.92. The van der Waals surface area contributed by atoms with E-state index >= 15 is 0 Å². The topological polar surface area (TPSA) is 81.0 Å². The molecule has 1 heterocycles. The van der Waals surface area contributed by atoms with Gasteiger partial charge in [-0.1, -0.05) is 0 Å². The fourth-order valence-corrected chi connectivity index (χ4v) is 1.00. The maximum absolute atomic E-state index is 10.2. The number of rotatable bonds is 1. The van der Waals surface area contributed by atoms with Crippen molar-refractivity contribution < 1.29 is 20.2 Å². The van der Waals surface area contributed by atoms with Gasteiger partial charge in [-0.15, -0.1) is 0 Å². The molecule has 12 heavy (non-hydrogen) atoms. The summed E-state index contributed by atoms with van der Waals surface area (Å²) in [5, 5.41) is 25.6. The van der Waals surface area contributed by atoms with E-state index in [9.17, 15) is 4.79 Å². The lowest BCUT2D eigenvalue weighted by Crippen LogP contribution is -2.32. The third-order valence-corrected chi connectivity index (χ3v) is 1.51. The number of hydroxylamine groups is 2. The highest BCUT2D eigenvalue weighted by molar-refractivity contribution is 5.73. The molecular weight excluding hydrogens is 162 g/mol. The molecule has 1 unspecified atom stereocenters. The van der Waals surface area contributed by atoms with Crippen LogP contribution in [0.2, 0.25) is 0 Å². The van der Waals surface area contributed by atoms with Crippen LogP contribution in [0.25, 0.3) is 0 Å². The summed E-state index contributed by atoms with van der Waals surface area (Å²) in [5.41, 5.74) is 0. The number of carbonyl (C=O) groups is 1. The van der Waals surface area contributed by atoms with E-state index in [0.29, 0.717) is 13.0 Å². The molecule has 1 fully saturated rings. The molecule has 0 aromatic carbocycles. The molecule has 5 nitrogen and oxygen atoms in total. The van der Waals surface area contributed by atoms with Gasteiger partial charge >= 0.3 is 5.97 Å². The van der Waals surface area contributed by atoms with Crippen LogP contribution in [-0.2, 0) is 4.79 Å². The second-order valence-corrected chi connectivity index (χ2v) is 2.48. The third-order valence-electron chi connectivity index (χ3n) is 1.51. The minimum absolute atomic E-state index is 0.250. The average Bonchev–Trinajstić information content (AvgIpc) is 2.36. The van der Waals surface area contributed by atoms with Crippen molar-refractivity contribution in [3.63, 3.8) is 0 Å². The molecule has 1 aliphatic rings. The van der Waals surface area contributed by atoms with Crippen LogP contribution in [0, 0.1) is 0 Å². The fraction of sp³-hybridized carbons (Fsp3) is 0.857. The van der Waals surface area contributed by atoms with Gasteiger partial charge in [0, 0.05) is 13.2 Å². The van der Waals surface area contributed by atoms with E-state index in [1.54, 1.807) is 6.92 Å². The van der Waals surface area contributed by atoms with Gasteiger partial charge in [0.15, 0.2) is 0 Å². The number of aliphatic carboxylic acids is 1. The van der Waals surface area contributed by atoms with Gasteiger partial charge in [-0.05, 0) is 19.8 Å². The summed E-state index contributed by atoms with van der Waals surface area (Å²) < 4.78 is 0. The van der Waals surface area contributed by atoms with Crippen molar-refractivity contribution in [3.8, 4) is 0 Å². The SMILES string of the molecule is CCO.O=C(O)C1CCCN1O. The minimum atomic E-state index is -0.935. The number of hydrogen-bond donors (Lipinski definition) is 3. The predicted octanol–water partition coefficient (Wildman–Crippen LogP) is -0.0768. The number of aliphatic hydroxyl groups excluding tert-OH is 1. The molecule has 0 amide bonds. The lowest BCUT2D eigenvalue weighted by atomic mass is 10.2. The van der Waals surface area contributed by atoms with Gasteiger partial charge in [0.1, 0.15) is 6.04 Å². The molecule has 0 radical (unpaired) electrons. The van der Waals surface area contributed by atoms with Gasteiger partial charge in [0.05, 0.1) is 0 Å². The highest BCUT2D eigenvalue weighted by atomic mass is 16.5. The van der Waals surface area contributed by atoms with E-state index in [2.05, 4.69) is 0 Å². The van der Waals surface area contributed by atoms with Crippen molar-refractivity contribution in [1.29, 1.82) is 0 Å². The Balaban J connectivity index is 0.000000354. The molecule has 0 aromatic rings. The van der Waals surface area contributed by atoms with Crippen molar-refractivity contribution in [3.05, 3.63) is 0 Å². The standard InChI is InChI=1S/C5H9NO3.C2H6O/c7-5(8)4-2-1-3-6(4)9;1-2-3/h4,9H,1-3H2,(H,7,8);3H,2H2,1H3. The van der Waals surface area contributed by atoms with Crippen LogP contribution in [-0.4, -0.2) is 45.6 Å². The van der Waals surface area contributed by atoms with Gasteiger partial charge in [-0.2, -0.15) is 5.06 Å². The highest BCUT2D eigenvalue weighted by Gasteiger charge is 2.28. The van der Waals surface area contributed by atoms with E-state index in [0.717, 1.165) is 11.5 Å². The number of hydrogen-bond acceptors (Lipinski definition) is 4. The van der Waals surface area contributed by atoms with Crippen molar-refractivity contribution in [2.75, 3.05) is 13.2 Å². The van der Waals surface area contributed by atoms with E-state index < -0.39 is 12.0 Å². The van der Waals surface area contributed by atoms with E-state index in [1.165, 1.54) is 0 Å². The zero-order valence-corrected chi connectivity index (χ0v) is 7.10. The maximum Gasteiger partial charge on any atom is 0.323 e. The van der Waals surface area contributed by atoms with Gasteiger partial charge in [-0.3, -0.25) is 4.79 Å². The van der Waals surface area contributed by atoms with E-state index in [-0.39, 0.29) is 6.61 Å². The summed E-state index contributed by atoms with van der Waals surface area (Å²) >= 11 is 0. The summed E-state index contributed by atoms with van der Waals surface area (Å²) in [5.74, 6) is -0.935. The van der Waals surface area contributed by atoms with Crippen LogP contribution in [0.4, 0.5) is 0 Å². The zero-order valence-electron chi connectivity index (χ0n) is 7.10. The first-order chi connectivity index (χ1) is 5.63. The molecule has 0 aliphatic carbocycles. The zero-order chi connectivity index (χ0) is 9.56. The largest absolute Gasteiger partial charge is 0.480 e. The first kappa shape index (κ1) is 11.4. The number of aliphatic hydroxyl groups is 1. The lowest BCUT2D eigenvalue weighted by molar-refractivity contribution is -0.160. The predicted molar refractivity (Wildman–Crippen MR) is 41.9 cm³/mol. The summed E-state index contributed by atoms with van der Waals surface area (Å²) in [6, 6.07) is -0.662. The Bertz CT molecular complexity index is 139. The second kappa shape index (κ2) is 5.93. The molecule has 72 valence electrons. The molecule has 0 bridgehead atoms. The second-order valence-electron chi connectivity index (χ2n) is 2.48. The van der Waals surface area contributed by atoms with Crippen molar-refractivity contribution in [1.82, 2.24) is 5.06 Å². The first-order valence-electron chi connectivity index (χ1n) is 3.92. The Morgan fingerprint density at radius 1 is 1.67 bits per heavy atom. The van der Waals surface area contributed by atoms with Gasteiger partial charge in [-0.25, -0.2) is 0 Å². The molecule has 5 heteroatoms. The monoisotopic (exact) mass is 177 g/mol. The molecule has 1 atom stereocenters. The van der Waals surface area contributed by atoms with Crippen LogP contribution >= 0.6 is 0 Å². The quantitative estimate of drug-likeness (QED) is 0.522. The Morgan fingerprint density at radius 3 is 2.33 bits per heavy atom. The Kier molecular flexibility index (Phi) is 5.61. The number of nitrogens with zero attached hydrogens (tertiary/aromatic N) is 1. The van der Waals surface area contributed by atoms with Crippen molar-refractivity contribution in [2.24, 2.45) is 0 Å². The smallest absolute Gasteiger partial charge is 0.323 e. The number of carboxylic acid groups (broad SMARTS) is 1. The van der Waals surface area contributed by atoms with Crippen LogP contribution in [0.3, 0.4) is 0 Å². The Labute approximate surface area is 71.2 Å². The fourth-order valence-electron chi connectivity index (χ4n) is 1.00. The summed E-state index contributed by atoms with van der Waals surface area (Å²) in [7, 11) is 0. The average molecular weight is 177 g/mol.